The Hall–Kier alpha value is -2.57. The number of ether oxygens (including phenoxy) is 1. The molecule has 0 spiro atoms. The molecule has 0 saturated heterocycles. The maximum Gasteiger partial charge on any atom is 0.226 e. The van der Waals surface area contributed by atoms with Crippen molar-refractivity contribution in [2.45, 2.75) is 53.2 Å². The summed E-state index contributed by atoms with van der Waals surface area (Å²) in [6, 6.07) is 6.25. The van der Waals surface area contributed by atoms with Gasteiger partial charge in [-0.1, -0.05) is 17.3 Å². The average molecular weight is 359 g/mol. The first kappa shape index (κ1) is 19.8. The molecule has 0 atom stereocenters. The molecule has 2 rings (SSSR count). The second-order valence-corrected chi connectivity index (χ2v) is 6.47. The largest absolute Gasteiger partial charge is 0.491 e. The molecule has 0 bridgehead atoms. The topological polar surface area (TPSA) is 84.6 Å². The van der Waals surface area contributed by atoms with E-state index < -0.39 is 0 Å². The van der Waals surface area contributed by atoms with Gasteiger partial charge in [0.25, 0.3) is 0 Å². The zero-order chi connectivity index (χ0) is 18.9. The van der Waals surface area contributed by atoms with E-state index in [9.17, 15) is 0 Å². The number of aryl methyl sites for hydroxylation is 3. The predicted octanol–water partition coefficient (Wildman–Crippen LogP) is 2.77. The molecule has 2 aromatic rings. The molecule has 7 heteroatoms. The zero-order valence-corrected chi connectivity index (χ0v) is 16.3. The van der Waals surface area contributed by atoms with Crippen molar-refractivity contribution in [3.63, 3.8) is 0 Å². The van der Waals surface area contributed by atoms with Gasteiger partial charge >= 0.3 is 0 Å². The molecule has 0 aliphatic carbocycles. The fourth-order valence-electron chi connectivity index (χ4n) is 2.46. The van der Waals surface area contributed by atoms with E-state index in [-0.39, 0.29) is 6.10 Å². The molecule has 0 saturated carbocycles. The Kier molecular flexibility index (Phi) is 7.44. The van der Waals surface area contributed by atoms with Crippen molar-refractivity contribution >= 4 is 5.96 Å². The minimum atomic E-state index is 0.140. The highest BCUT2D eigenvalue weighted by Crippen LogP contribution is 2.21. The van der Waals surface area contributed by atoms with Crippen LogP contribution in [0.25, 0.3) is 0 Å². The molecule has 2 N–H and O–H groups in total. The van der Waals surface area contributed by atoms with E-state index in [2.05, 4.69) is 50.9 Å². The van der Waals surface area contributed by atoms with Crippen LogP contribution in [-0.4, -0.2) is 35.8 Å². The summed E-state index contributed by atoms with van der Waals surface area (Å²) < 4.78 is 11.0. The van der Waals surface area contributed by atoms with Crippen molar-refractivity contribution in [2.75, 3.05) is 13.6 Å². The number of nitrogens with zero attached hydrogens (tertiary/aromatic N) is 3. The van der Waals surface area contributed by atoms with Crippen LogP contribution in [0.3, 0.4) is 0 Å². The van der Waals surface area contributed by atoms with Crippen molar-refractivity contribution in [3.8, 4) is 5.75 Å². The van der Waals surface area contributed by atoms with Crippen LogP contribution >= 0.6 is 0 Å². The Bertz CT molecular complexity index is 724. The van der Waals surface area contributed by atoms with Crippen molar-refractivity contribution in [1.29, 1.82) is 0 Å². The number of guanidine groups is 1. The summed E-state index contributed by atoms with van der Waals surface area (Å²) in [5.41, 5.74) is 2.29. The molecule has 1 heterocycles. The monoisotopic (exact) mass is 359 g/mol. The van der Waals surface area contributed by atoms with Gasteiger partial charge in [0, 0.05) is 32.1 Å². The fourth-order valence-corrected chi connectivity index (χ4v) is 2.46. The van der Waals surface area contributed by atoms with Crippen LogP contribution in [0.15, 0.2) is 27.7 Å². The number of aromatic nitrogens is 2. The molecule has 1 aromatic heterocycles. The van der Waals surface area contributed by atoms with Crippen LogP contribution in [0.5, 0.6) is 5.75 Å². The number of benzene rings is 1. The lowest BCUT2D eigenvalue weighted by atomic mass is 10.1. The summed E-state index contributed by atoms with van der Waals surface area (Å²) in [5.74, 6) is 3.00. The van der Waals surface area contributed by atoms with Gasteiger partial charge in [0.2, 0.25) is 5.89 Å². The molecular formula is C19H29N5O2. The second kappa shape index (κ2) is 9.79. The van der Waals surface area contributed by atoms with E-state index in [0.717, 1.165) is 36.7 Å². The van der Waals surface area contributed by atoms with Gasteiger partial charge in [0.15, 0.2) is 11.8 Å². The smallest absolute Gasteiger partial charge is 0.226 e. The standard InChI is InChI=1S/C19H29N5O2/c1-13(2)25-17-11-14(3)8-9-16(17)12-22-19(20-5)21-10-6-7-18-23-15(4)24-26-18/h8-9,11,13H,6-7,10,12H2,1-5H3,(H2,20,21,22). The molecule has 0 aliphatic heterocycles. The molecule has 0 amide bonds. The van der Waals surface area contributed by atoms with Crippen molar-refractivity contribution in [2.24, 2.45) is 4.99 Å². The van der Waals surface area contributed by atoms with Crippen molar-refractivity contribution in [1.82, 2.24) is 20.8 Å². The molecule has 7 nitrogen and oxygen atoms in total. The summed E-state index contributed by atoms with van der Waals surface area (Å²) in [7, 11) is 1.76. The SMILES string of the molecule is CN=C(NCCCc1nc(C)no1)NCc1ccc(C)cc1OC(C)C. The van der Waals surface area contributed by atoms with E-state index in [4.69, 9.17) is 9.26 Å². The average Bonchev–Trinajstić information content (AvgIpc) is 3.00. The number of aliphatic imine (C=N–C) groups is 1. The van der Waals surface area contributed by atoms with Crippen LogP contribution in [0, 0.1) is 13.8 Å². The lowest BCUT2D eigenvalue weighted by molar-refractivity contribution is 0.239. The highest BCUT2D eigenvalue weighted by Gasteiger charge is 2.08. The van der Waals surface area contributed by atoms with Crippen LogP contribution in [0.4, 0.5) is 0 Å². The lowest BCUT2D eigenvalue weighted by Crippen LogP contribution is -2.37. The van der Waals surface area contributed by atoms with Gasteiger partial charge in [-0.3, -0.25) is 4.99 Å². The number of hydrogen-bond acceptors (Lipinski definition) is 5. The second-order valence-electron chi connectivity index (χ2n) is 6.47. The molecule has 142 valence electrons. The fraction of sp³-hybridized carbons (Fsp3) is 0.526. The van der Waals surface area contributed by atoms with Crippen LogP contribution in [-0.2, 0) is 13.0 Å². The van der Waals surface area contributed by atoms with E-state index in [1.54, 1.807) is 7.05 Å². The zero-order valence-electron chi connectivity index (χ0n) is 16.3. The first-order valence-electron chi connectivity index (χ1n) is 8.98. The normalized spacial score (nSPS) is 11.7. The predicted molar refractivity (Wildman–Crippen MR) is 103 cm³/mol. The van der Waals surface area contributed by atoms with Gasteiger partial charge in [-0.2, -0.15) is 4.98 Å². The Morgan fingerprint density at radius 1 is 1.27 bits per heavy atom. The lowest BCUT2D eigenvalue weighted by Gasteiger charge is -2.17. The van der Waals surface area contributed by atoms with Crippen LogP contribution in [0.1, 0.15) is 43.1 Å². The summed E-state index contributed by atoms with van der Waals surface area (Å²) in [4.78, 5) is 8.46. The van der Waals surface area contributed by atoms with Crippen molar-refractivity contribution < 1.29 is 9.26 Å². The molecule has 0 unspecified atom stereocenters. The number of rotatable bonds is 8. The Labute approximate surface area is 155 Å². The van der Waals surface area contributed by atoms with Gasteiger partial charge in [0.1, 0.15) is 5.75 Å². The van der Waals surface area contributed by atoms with E-state index >= 15 is 0 Å². The molecule has 0 aliphatic rings. The molecule has 26 heavy (non-hydrogen) atoms. The van der Waals surface area contributed by atoms with Crippen molar-refractivity contribution in [3.05, 3.63) is 41.0 Å². The molecule has 0 radical (unpaired) electrons. The first-order valence-corrected chi connectivity index (χ1v) is 8.98. The maximum atomic E-state index is 5.92. The van der Waals surface area contributed by atoms with Gasteiger partial charge in [-0.15, -0.1) is 0 Å². The first-order chi connectivity index (χ1) is 12.5. The number of hydrogen-bond donors (Lipinski definition) is 2. The van der Waals surface area contributed by atoms with Crippen LogP contribution in [0.2, 0.25) is 0 Å². The van der Waals surface area contributed by atoms with Gasteiger partial charge in [-0.05, 0) is 45.7 Å². The van der Waals surface area contributed by atoms with Gasteiger partial charge < -0.3 is 19.9 Å². The third-order valence-electron chi connectivity index (χ3n) is 3.68. The third-order valence-corrected chi connectivity index (χ3v) is 3.68. The Balaban J connectivity index is 1.81. The van der Waals surface area contributed by atoms with E-state index in [0.29, 0.717) is 18.3 Å². The Morgan fingerprint density at radius 2 is 2.08 bits per heavy atom. The molecule has 1 aromatic carbocycles. The van der Waals surface area contributed by atoms with E-state index in [1.165, 1.54) is 5.56 Å². The minimum absolute atomic E-state index is 0.140. The van der Waals surface area contributed by atoms with E-state index in [1.807, 2.05) is 20.8 Å². The minimum Gasteiger partial charge on any atom is -0.491 e. The number of nitrogens with one attached hydrogen (secondary N) is 2. The summed E-state index contributed by atoms with van der Waals surface area (Å²) in [6.45, 7) is 9.36. The quantitative estimate of drug-likeness (QED) is 0.428. The van der Waals surface area contributed by atoms with Gasteiger partial charge in [-0.25, -0.2) is 0 Å². The highest BCUT2D eigenvalue weighted by atomic mass is 16.5. The highest BCUT2D eigenvalue weighted by molar-refractivity contribution is 5.79. The summed E-state index contributed by atoms with van der Waals surface area (Å²) in [5, 5.41) is 10.4. The summed E-state index contributed by atoms with van der Waals surface area (Å²) in [6.07, 6.45) is 1.77. The molecule has 0 fully saturated rings. The molecular weight excluding hydrogens is 330 g/mol. The summed E-state index contributed by atoms with van der Waals surface area (Å²) >= 11 is 0. The van der Waals surface area contributed by atoms with Crippen LogP contribution < -0.4 is 15.4 Å². The third kappa shape index (κ3) is 6.38. The maximum absolute atomic E-state index is 5.92. The van der Waals surface area contributed by atoms with Gasteiger partial charge in [0.05, 0.1) is 6.10 Å². The Morgan fingerprint density at radius 3 is 2.73 bits per heavy atom.